The predicted molar refractivity (Wildman–Crippen MR) is 67.7 cm³/mol. The van der Waals surface area contributed by atoms with E-state index < -0.39 is 0 Å². The Labute approximate surface area is 106 Å². The SMILES string of the molecule is CC(C)CC(N)c1nc(Cc2cccnc2)no1. The highest BCUT2D eigenvalue weighted by Crippen LogP contribution is 2.17. The predicted octanol–water partition coefficient (Wildman–Crippen LogP) is 2.10. The van der Waals surface area contributed by atoms with Gasteiger partial charge in [-0.15, -0.1) is 0 Å². The Kier molecular flexibility index (Phi) is 4.04. The third-order valence-corrected chi connectivity index (χ3v) is 2.61. The Hall–Kier alpha value is -1.75. The van der Waals surface area contributed by atoms with Gasteiger partial charge in [-0.2, -0.15) is 4.98 Å². The fraction of sp³-hybridized carbons (Fsp3) is 0.462. The molecule has 0 aliphatic carbocycles. The molecule has 0 spiro atoms. The Bertz CT molecular complexity index is 481. The van der Waals surface area contributed by atoms with Gasteiger partial charge in [-0.3, -0.25) is 4.98 Å². The molecule has 0 fully saturated rings. The minimum absolute atomic E-state index is 0.180. The summed E-state index contributed by atoms with van der Waals surface area (Å²) in [5, 5.41) is 3.95. The van der Waals surface area contributed by atoms with E-state index in [4.69, 9.17) is 10.3 Å². The van der Waals surface area contributed by atoms with Gasteiger partial charge in [0, 0.05) is 18.8 Å². The van der Waals surface area contributed by atoms with Crippen LogP contribution in [0.4, 0.5) is 0 Å². The van der Waals surface area contributed by atoms with Crippen molar-refractivity contribution in [3.05, 3.63) is 41.8 Å². The molecule has 96 valence electrons. The largest absolute Gasteiger partial charge is 0.338 e. The van der Waals surface area contributed by atoms with Crippen LogP contribution >= 0.6 is 0 Å². The Morgan fingerprint density at radius 1 is 1.39 bits per heavy atom. The molecule has 2 rings (SSSR count). The van der Waals surface area contributed by atoms with Gasteiger partial charge in [0.05, 0.1) is 6.04 Å². The number of nitrogens with zero attached hydrogens (tertiary/aromatic N) is 3. The lowest BCUT2D eigenvalue weighted by Gasteiger charge is -2.08. The van der Waals surface area contributed by atoms with Gasteiger partial charge in [-0.1, -0.05) is 25.1 Å². The molecular weight excluding hydrogens is 228 g/mol. The third kappa shape index (κ3) is 3.37. The minimum atomic E-state index is -0.180. The molecule has 2 heterocycles. The molecule has 1 unspecified atom stereocenters. The lowest BCUT2D eigenvalue weighted by atomic mass is 10.0. The maximum atomic E-state index is 5.99. The number of hydrogen-bond donors (Lipinski definition) is 1. The number of hydrogen-bond acceptors (Lipinski definition) is 5. The lowest BCUT2D eigenvalue weighted by Crippen LogP contribution is -2.13. The minimum Gasteiger partial charge on any atom is -0.338 e. The van der Waals surface area contributed by atoms with E-state index >= 15 is 0 Å². The third-order valence-electron chi connectivity index (χ3n) is 2.61. The molecule has 2 aromatic heterocycles. The molecule has 18 heavy (non-hydrogen) atoms. The first-order valence-electron chi connectivity index (χ1n) is 6.12. The van der Waals surface area contributed by atoms with Crippen molar-refractivity contribution < 1.29 is 4.52 Å². The van der Waals surface area contributed by atoms with E-state index in [1.807, 2.05) is 12.1 Å². The molecule has 0 aromatic carbocycles. The van der Waals surface area contributed by atoms with Crippen molar-refractivity contribution >= 4 is 0 Å². The Morgan fingerprint density at radius 2 is 2.22 bits per heavy atom. The van der Waals surface area contributed by atoms with Gasteiger partial charge in [0.1, 0.15) is 0 Å². The average Bonchev–Trinajstić information content (AvgIpc) is 2.78. The van der Waals surface area contributed by atoms with E-state index in [0.29, 0.717) is 24.1 Å². The second kappa shape index (κ2) is 5.73. The molecule has 1 atom stereocenters. The molecule has 0 bridgehead atoms. The zero-order valence-corrected chi connectivity index (χ0v) is 10.7. The van der Waals surface area contributed by atoms with E-state index in [2.05, 4.69) is 29.0 Å². The summed E-state index contributed by atoms with van der Waals surface area (Å²) in [6.45, 7) is 4.24. The van der Waals surface area contributed by atoms with Crippen LogP contribution in [0.15, 0.2) is 29.0 Å². The zero-order valence-electron chi connectivity index (χ0n) is 10.7. The quantitative estimate of drug-likeness (QED) is 0.874. The first kappa shape index (κ1) is 12.7. The number of rotatable bonds is 5. The van der Waals surface area contributed by atoms with E-state index in [1.54, 1.807) is 12.4 Å². The van der Waals surface area contributed by atoms with Crippen molar-refractivity contribution in [3.63, 3.8) is 0 Å². The van der Waals surface area contributed by atoms with Crippen LogP contribution in [0.2, 0.25) is 0 Å². The van der Waals surface area contributed by atoms with Crippen LogP contribution in [0, 0.1) is 5.92 Å². The summed E-state index contributed by atoms with van der Waals surface area (Å²) in [6, 6.07) is 3.69. The highest BCUT2D eigenvalue weighted by atomic mass is 16.5. The molecule has 2 aromatic rings. The summed E-state index contributed by atoms with van der Waals surface area (Å²) in [5.74, 6) is 1.67. The molecule has 2 N–H and O–H groups in total. The van der Waals surface area contributed by atoms with Crippen molar-refractivity contribution in [3.8, 4) is 0 Å². The standard InChI is InChI=1S/C13H18N4O/c1-9(2)6-11(14)13-16-12(17-18-13)7-10-4-3-5-15-8-10/h3-5,8-9,11H,6-7,14H2,1-2H3. The van der Waals surface area contributed by atoms with Crippen molar-refractivity contribution in [2.24, 2.45) is 11.7 Å². The second-order valence-electron chi connectivity index (χ2n) is 4.82. The molecule has 0 saturated carbocycles. The average molecular weight is 246 g/mol. The Balaban J connectivity index is 2.02. The summed E-state index contributed by atoms with van der Waals surface area (Å²) in [4.78, 5) is 8.38. The van der Waals surface area contributed by atoms with Crippen molar-refractivity contribution in [1.29, 1.82) is 0 Å². The van der Waals surface area contributed by atoms with Crippen LogP contribution in [-0.4, -0.2) is 15.1 Å². The second-order valence-corrected chi connectivity index (χ2v) is 4.82. The summed E-state index contributed by atoms with van der Waals surface area (Å²) >= 11 is 0. The van der Waals surface area contributed by atoms with Crippen LogP contribution in [0.5, 0.6) is 0 Å². The molecule has 0 radical (unpaired) electrons. The number of nitrogens with two attached hydrogens (primary N) is 1. The monoisotopic (exact) mass is 246 g/mol. The molecule has 5 heteroatoms. The van der Waals surface area contributed by atoms with Crippen molar-refractivity contribution in [1.82, 2.24) is 15.1 Å². The van der Waals surface area contributed by atoms with Crippen LogP contribution in [-0.2, 0) is 6.42 Å². The topological polar surface area (TPSA) is 77.8 Å². The molecule has 5 nitrogen and oxygen atoms in total. The van der Waals surface area contributed by atoms with Gasteiger partial charge in [-0.25, -0.2) is 0 Å². The number of aromatic nitrogens is 3. The van der Waals surface area contributed by atoms with Crippen LogP contribution in [0.25, 0.3) is 0 Å². The molecular formula is C13H18N4O. The highest BCUT2D eigenvalue weighted by Gasteiger charge is 2.16. The summed E-state index contributed by atoms with van der Waals surface area (Å²) in [7, 11) is 0. The summed E-state index contributed by atoms with van der Waals surface area (Å²) < 4.78 is 5.19. The highest BCUT2D eigenvalue weighted by molar-refractivity contribution is 5.13. The first-order valence-corrected chi connectivity index (χ1v) is 6.12. The Morgan fingerprint density at radius 3 is 2.89 bits per heavy atom. The molecule has 0 aliphatic heterocycles. The fourth-order valence-electron chi connectivity index (χ4n) is 1.78. The summed E-state index contributed by atoms with van der Waals surface area (Å²) in [6.07, 6.45) is 4.99. The number of pyridine rings is 1. The van der Waals surface area contributed by atoms with Crippen molar-refractivity contribution in [2.45, 2.75) is 32.7 Å². The van der Waals surface area contributed by atoms with Gasteiger partial charge in [0.15, 0.2) is 5.82 Å². The molecule has 0 saturated heterocycles. The lowest BCUT2D eigenvalue weighted by molar-refractivity contribution is 0.333. The molecule has 0 amide bonds. The van der Waals surface area contributed by atoms with Gasteiger partial charge in [-0.05, 0) is 24.0 Å². The molecule has 0 aliphatic rings. The van der Waals surface area contributed by atoms with Gasteiger partial charge in [0.25, 0.3) is 0 Å². The smallest absolute Gasteiger partial charge is 0.243 e. The first-order chi connectivity index (χ1) is 8.65. The van der Waals surface area contributed by atoms with E-state index in [0.717, 1.165) is 12.0 Å². The normalized spacial score (nSPS) is 12.9. The van der Waals surface area contributed by atoms with Crippen LogP contribution in [0.3, 0.4) is 0 Å². The van der Waals surface area contributed by atoms with Crippen LogP contribution in [0.1, 0.15) is 43.6 Å². The van der Waals surface area contributed by atoms with Gasteiger partial charge in [0.2, 0.25) is 5.89 Å². The van der Waals surface area contributed by atoms with Crippen LogP contribution < -0.4 is 5.73 Å². The van der Waals surface area contributed by atoms with Crippen molar-refractivity contribution in [2.75, 3.05) is 0 Å². The van der Waals surface area contributed by atoms with E-state index in [-0.39, 0.29) is 6.04 Å². The van der Waals surface area contributed by atoms with E-state index in [9.17, 15) is 0 Å². The van der Waals surface area contributed by atoms with E-state index in [1.165, 1.54) is 0 Å². The van der Waals surface area contributed by atoms with Gasteiger partial charge >= 0.3 is 0 Å². The fourth-order valence-corrected chi connectivity index (χ4v) is 1.78. The van der Waals surface area contributed by atoms with Gasteiger partial charge < -0.3 is 10.3 Å². The maximum Gasteiger partial charge on any atom is 0.243 e. The summed E-state index contributed by atoms with van der Waals surface area (Å²) in [5.41, 5.74) is 7.05. The zero-order chi connectivity index (χ0) is 13.0. The maximum absolute atomic E-state index is 5.99.